The average molecular weight is 415 g/mol. The quantitative estimate of drug-likeness (QED) is 0.495. The van der Waals surface area contributed by atoms with Crippen LogP contribution in [0.3, 0.4) is 0 Å². The van der Waals surface area contributed by atoms with Crippen molar-refractivity contribution in [3.8, 4) is 0 Å². The van der Waals surface area contributed by atoms with Crippen molar-refractivity contribution in [3.05, 3.63) is 56.7 Å². The first kappa shape index (κ1) is 20.7. The fraction of sp³-hybridized carbons (Fsp3) is 0.350. The molecule has 9 heteroatoms. The first-order chi connectivity index (χ1) is 13.8. The highest BCUT2D eigenvalue weighted by Crippen LogP contribution is 2.19. The van der Waals surface area contributed by atoms with Crippen LogP contribution in [0.25, 0.3) is 10.8 Å². The molecule has 0 aliphatic rings. The molecule has 29 heavy (non-hydrogen) atoms. The first-order valence-electron chi connectivity index (χ1n) is 9.39. The third kappa shape index (κ3) is 4.22. The molecule has 2 heterocycles. The van der Waals surface area contributed by atoms with Gasteiger partial charge in [0.1, 0.15) is 5.15 Å². The number of carbonyl (C=O) groups excluding carboxylic acids is 1. The van der Waals surface area contributed by atoms with Crippen LogP contribution in [-0.2, 0) is 13.1 Å². The van der Waals surface area contributed by atoms with Crippen LogP contribution in [0.5, 0.6) is 0 Å². The minimum atomic E-state index is -0.511. The number of fused-ring (bicyclic) bond motifs is 1. The molecule has 0 atom stereocenters. The summed E-state index contributed by atoms with van der Waals surface area (Å²) in [4.78, 5) is 25.1. The van der Waals surface area contributed by atoms with Gasteiger partial charge in [0.15, 0.2) is 5.69 Å². The predicted octanol–water partition coefficient (Wildman–Crippen LogP) is 2.99. The number of aryl methyl sites for hydroxylation is 2. The maximum absolute atomic E-state index is 12.7. The fourth-order valence-corrected chi connectivity index (χ4v) is 3.30. The van der Waals surface area contributed by atoms with Gasteiger partial charge in [0.05, 0.1) is 22.9 Å². The van der Waals surface area contributed by atoms with E-state index >= 15 is 0 Å². The van der Waals surface area contributed by atoms with Crippen LogP contribution in [0.1, 0.15) is 42.5 Å². The summed E-state index contributed by atoms with van der Waals surface area (Å²) in [7, 11) is 0. The molecule has 1 aromatic carbocycles. The zero-order valence-corrected chi connectivity index (χ0v) is 17.6. The lowest BCUT2D eigenvalue weighted by molar-refractivity contribution is 0.0949. The molecule has 0 saturated heterocycles. The lowest BCUT2D eigenvalue weighted by Gasteiger charge is -2.08. The molecule has 0 unspecified atom stereocenters. The van der Waals surface area contributed by atoms with Crippen LogP contribution in [0.15, 0.2) is 34.2 Å². The van der Waals surface area contributed by atoms with Crippen molar-refractivity contribution >= 4 is 34.5 Å². The highest BCUT2D eigenvalue weighted by Gasteiger charge is 2.16. The molecule has 0 saturated carbocycles. The molecular weight excluding hydrogens is 392 g/mol. The number of hydrogen-bond donors (Lipinski definition) is 1. The van der Waals surface area contributed by atoms with E-state index in [0.717, 1.165) is 5.69 Å². The number of rotatable bonds is 6. The number of amides is 1. The molecule has 3 aromatic rings. The lowest BCUT2D eigenvalue weighted by Crippen LogP contribution is -2.28. The smallest absolute Gasteiger partial charge is 0.267 e. The Balaban J connectivity index is 1.88. The van der Waals surface area contributed by atoms with E-state index in [-0.39, 0.29) is 11.3 Å². The summed E-state index contributed by atoms with van der Waals surface area (Å²) in [5.41, 5.74) is 3.74. The van der Waals surface area contributed by atoms with Gasteiger partial charge in [-0.15, -0.1) is 0 Å². The number of nitrogens with one attached hydrogen (secondary N) is 1. The fourth-order valence-electron chi connectivity index (χ4n) is 3.01. The van der Waals surface area contributed by atoms with Gasteiger partial charge < -0.3 is 0 Å². The zero-order chi connectivity index (χ0) is 21.1. The summed E-state index contributed by atoms with van der Waals surface area (Å²) in [5, 5.41) is 14.0. The minimum absolute atomic E-state index is 0.137. The van der Waals surface area contributed by atoms with E-state index in [9.17, 15) is 9.59 Å². The summed E-state index contributed by atoms with van der Waals surface area (Å²) in [6.07, 6.45) is 1.47. The number of benzene rings is 1. The number of carbonyl (C=O) groups is 1. The molecule has 3 rings (SSSR count). The van der Waals surface area contributed by atoms with Crippen molar-refractivity contribution in [2.24, 2.45) is 11.0 Å². The molecule has 0 radical (unpaired) electrons. The molecule has 0 fully saturated rings. The summed E-state index contributed by atoms with van der Waals surface area (Å²) in [6.45, 7) is 8.83. The monoisotopic (exact) mass is 414 g/mol. The second kappa shape index (κ2) is 8.57. The van der Waals surface area contributed by atoms with Crippen LogP contribution in [0.2, 0.25) is 5.15 Å². The van der Waals surface area contributed by atoms with Crippen LogP contribution in [-0.4, -0.2) is 31.7 Å². The number of halogens is 1. The Labute approximate surface area is 173 Å². The molecule has 2 aromatic heterocycles. The van der Waals surface area contributed by atoms with Gasteiger partial charge in [0, 0.05) is 18.5 Å². The van der Waals surface area contributed by atoms with Crippen molar-refractivity contribution in [2.75, 3.05) is 0 Å². The van der Waals surface area contributed by atoms with Crippen LogP contribution in [0, 0.1) is 12.8 Å². The number of aromatic nitrogens is 4. The minimum Gasteiger partial charge on any atom is -0.267 e. The Bertz CT molecular complexity index is 1150. The summed E-state index contributed by atoms with van der Waals surface area (Å²) in [5.74, 6) is -0.118. The largest absolute Gasteiger partial charge is 0.292 e. The molecule has 1 amide bonds. The van der Waals surface area contributed by atoms with E-state index in [0.29, 0.717) is 40.5 Å². The number of hydrazone groups is 1. The van der Waals surface area contributed by atoms with E-state index in [1.54, 1.807) is 35.9 Å². The lowest BCUT2D eigenvalue weighted by atomic mass is 10.1. The van der Waals surface area contributed by atoms with Gasteiger partial charge in [-0.05, 0) is 25.8 Å². The second-order valence-electron chi connectivity index (χ2n) is 7.08. The van der Waals surface area contributed by atoms with Gasteiger partial charge in [-0.1, -0.05) is 43.6 Å². The Kier molecular flexibility index (Phi) is 6.12. The third-order valence-electron chi connectivity index (χ3n) is 4.39. The van der Waals surface area contributed by atoms with E-state index < -0.39 is 5.91 Å². The SMILES string of the molecule is CCn1nc(C(=O)N/N=C\c2c(C)nn(CC(C)C)c2Cl)c2ccccc2c1=O. The molecule has 0 spiro atoms. The standard InChI is InChI=1S/C20H23ClN6O2/c1-5-26-20(29)15-9-7-6-8-14(15)17(25-26)19(28)23-22-10-16-13(4)24-27(18(16)21)11-12(2)3/h6-10,12H,5,11H2,1-4H3,(H,23,28)/b22-10-. The zero-order valence-electron chi connectivity index (χ0n) is 16.8. The summed E-state index contributed by atoms with van der Waals surface area (Å²) >= 11 is 6.39. The average Bonchev–Trinajstić information content (AvgIpc) is 2.95. The van der Waals surface area contributed by atoms with Crippen molar-refractivity contribution in [2.45, 2.75) is 40.8 Å². The van der Waals surface area contributed by atoms with Gasteiger partial charge in [-0.2, -0.15) is 15.3 Å². The predicted molar refractivity (Wildman–Crippen MR) is 114 cm³/mol. The second-order valence-corrected chi connectivity index (χ2v) is 7.44. The topological polar surface area (TPSA) is 94.2 Å². The van der Waals surface area contributed by atoms with Gasteiger partial charge in [-0.3, -0.25) is 14.3 Å². The maximum atomic E-state index is 12.7. The molecule has 1 N–H and O–H groups in total. The summed E-state index contributed by atoms with van der Waals surface area (Å²) < 4.78 is 2.98. The van der Waals surface area contributed by atoms with E-state index in [1.165, 1.54) is 10.9 Å². The molecule has 0 aliphatic carbocycles. The molecule has 0 bridgehead atoms. The molecular formula is C20H23ClN6O2. The Morgan fingerprint density at radius 2 is 1.93 bits per heavy atom. The molecule has 8 nitrogen and oxygen atoms in total. The van der Waals surface area contributed by atoms with Crippen molar-refractivity contribution < 1.29 is 4.79 Å². The van der Waals surface area contributed by atoms with Crippen molar-refractivity contribution in [1.82, 2.24) is 25.0 Å². The molecule has 152 valence electrons. The van der Waals surface area contributed by atoms with Gasteiger partial charge in [0.25, 0.3) is 11.5 Å². The summed E-state index contributed by atoms with van der Waals surface area (Å²) in [6, 6.07) is 6.88. The van der Waals surface area contributed by atoms with E-state index in [4.69, 9.17) is 11.6 Å². The van der Waals surface area contributed by atoms with Gasteiger partial charge in [-0.25, -0.2) is 10.1 Å². The number of nitrogens with zero attached hydrogens (tertiary/aromatic N) is 5. The third-order valence-corrected chi connectivity index (χ3v) is 4.79. The van der Waals surface area contributed by atoms with Crippen LogP contribution >= 0.6 is 11.6 Å². The Hall–Kier alpha value is -3.00. The van der Waals surface area contributed by atoms with Crippen LogP contribution in [0.4, 0.5) is 0 Å². The number of hydrogen-bond acceptors (Lipinski definition) is 5. The van der Waals surface area contributed by atoms with Crippen LogP contribution < -0.4 is 11.0 Å². The highest BCUT2D eigenvalue weighted by molar-refractivity contribution is 6.32. The Morgan fingerprint density at radius 1 is 1.24 bits per heavy atom. The Morgan fingerprint density at radius 3 is 2.59 bits per heavy atom. The van der Waals surface area contributed by atoms with Gasteiger partial charge in [0.2, 0.25) is 0 Å². The van der Waals surface area contributed by atoms with Crippen molar-refractivity contribution in [1.29, 1.82) is 0 Å². The van der Waals surface area contributed by atoms with Gasteiger partial charge >= 0.3 is 0 Å². The van der Waals surface area contributed by atoms with E-state index in [2.05, 4.69) is 34.6 Å². The maximum Gasteiger partial charge on any atom is 0.292 e. The normalized spacial score (nSPS) is 11.7. The van der Waals surface area contributed by atoms with E-state index in [1.807, 2.05) is 6.92 Å². The highest BCUT2D eigenvalue weighted by atomic mass is 35.5. The first-order valence-corrected chi connectivity index (χ1v) is 9.77. The molecule has 0 aliphatic heterocycles. The van der Waals surface area contributed by atoms with Crippen molar-refractivity contribution in [3.63, 3.8) is 0 Å².